The van der Waals surface area contributed by atoms with Gasteiger partial charge in [0.1, 0.15) is 16.0 Å². The van der Waals surface area contributed by atoms with E-state index in [1.165, 1.54) is 11.3 Å². The van der Waals surface area contributed by atoms with Crippen LogP contribution < -0.4 is 4.90 Å². The van der Waals surface area contributed by atoms with Crippen LogP contribution in [0.2, 0.25) is 0 Å². The first-order valence-electron chi connectivity index (χ1n) is 16.3. The van der Waals surface area contributed by atoms with Crippen LogP contribution in [0.4, 0.5) is 17.1 Å². The number of halogens is 1. The summed E-state index contributed by atoms with van der Waals surface area (Å²) >= 11 is 6.49. The van der Waals surface area contributed by atoms with Crippen molar-refractivity contribution in [2.75, 3.05) is 18.1 Å². The number of anilines is 3. The molecule has 2 amide bonds. The largest absolute Gasteiger partial charge is 0.465 e. The fourth-order valence-electron chi connectivity index (χ4n) is 5.60. The Morgan fingerprint density at radius 2 is 1.39 bits per heavy atom. The van der Waals surface area contributed by atoms with Crippen LogP contribution in [0.1, 0.15) is 32.1 Å². The number of amides is 2. The summed E-state index contributed by atoms with van der Waals surface area (Å²) in [6.07, 6.45) is 2.00. The van der Waals surface area contributed by atoms with E-state index in [0.29, 0.717) is 11.1 Å². The van der Waals surface area contributed by atoms with Gasteiger partial charge in [-0.3, -0.25) is 19.3 Å². The number of ether oxygens (including phenoxy) is 1. The summed E-state index contributed by atoms with van der Waals surface area (Å²) in [6, 6.07) is 39.3. The topological polar surface area (TPSA) is 90.7 Å². The minimum Gasteiger partial charge on any atom is -0.465 e. The first-order chi connectivity index (χ1) is 24.5. The number of esters is 1. The minimum absolute atomic E-state index is 0.0225. The van der Waals surface area contributed by atoms with Crippen molar-refractivity contribution in [2.24, 2.45) is 0 Å². The summed E-state index contributed by atoms with van der Waals surface area (Å²) in [6.45, 7) is 5.04. The molecule has 0 aliphatic carbocycles. The number of hydrogen-bond acceptors (Lipinski definition) is 8. The van der Waals surface area contributed by atoms with Crippen molar-refractivity contribution in [1.82, 2.24) is 4.90 Å². The predicted octanol–water partition coefficient (Wildman–Crippen LogP) is 10.3. The maximum Gasteiger partial charge on any atom is 0.322 e. The highest BCUT2D eigenvalue weighted by Gasteiger charge is 2.35. The SMILES string of the molecule is CC1=C(C#N)C(=O)N(CCCOC(=O)C(C)(C)Br)C(=O)/C1=C\c1ccc(-c2ccc(-c3ccc(N(c4ccccc4)c4ccccc4)cc3)s2)s1. The number of hydrogen-bond donors (Lipinski definition) is 0. The molecule has 3 aromatic carbocycles. The molecule has 2 aromatic heterocycles. The number of nitriles is 1. The molecule has 10 heteroatoms. The molecule has 0 saturated carbocycles. The highest BCUT2D eigenvalue weighted by Crippen LogP contribution is 2.40. The number of carbonyl (C=O) groups is 3. The third-order valence-corrected chi connectivity index (χ3v) is 11.0. The summed E-state index contributed by atoms with van der Waals surface area (Å²) in [5, 5.41) is 9.78. The van der Waals surface area contributed by atoms with Crippen LogP contribution >= 0.6 is 38.6 Å². The lowest BCUT2D eigenvalue weighted by atomic mass is 9.94. The van der Waals surface area contributed by atoms with Gasteiger partial charge in [0.05, 0.1) is 6.61 Å². The number of para-hydroxylation sites is 2. The van der Waals surface area contributed by atoms with Crippen molar-refractivity contribution in [1.29, 1.82) is 5.26 Å². The maximum atomic E-state index is 13.5. The molecule has 0 fully saturated rings. The van der Waals surface area contributed by atoms with Gasteiger partial charge in [0.15, 0.2) is 0 Å². The number of imide groups is 1. The summed E-state index contributed by atoms with van der Waals surface area (Å²) in [7, 11) is 0. The summed E-state index contributed by atoms with van der Waals surface area (Å²) in [4.78, 5) is 46.0. The number of nitrogens with zero attached hydrogens (tertiary/aromatic N) is 3. The van der Waals surface area contributed by atoms with E-state index in [1.54, 1.807) is 38.2 Å². The zero-order valence-electron chi connectivity index (χ0n) is 28.3. The van der Waals surface area contributed by atoms with Crippen LogP contribution in [-0.2, 0) is 19.1 Å². The first-order valence-corrected chi connectivity index (χ1v) is 18.7. The minimum atomic E-state index is -0.836. The van der Waals surface area contributed by atoms with Crippen molar-refractivity contribution in [3.05, 3.63) is 131 Å². The van der Waals surface area contributed by atoms with Gasteiger partial charge in [-0.25, -0.2) is 0 Å². The Bertz CT molecular complexity index is 2130. The van der Waals surface area contributed by atoms with E-state index in [2.05, 4.69) is 81.5 Å². The van der Waals surface area contributed by atoms with E-state index in [9.17, 15) is 19.6 Å². The Labute approximate surface area is 313 Å². The highest BCUT2D eigenvalue weighted by atomic mass is 79.9. The molecule has 1 aliphatic rings. The number of alkyl halides is 1. The fraction of sp³-hybridized carbons (Fsp3) is 0.171. The Morgan fingerprint density at radius 3 is 2.00 bits per heavy atom. The summed E-state index contributed by atoms with van der Waals surface area (Å²) in [5.41, 5.74) is 4.92. The fourth-order valence-corrected chi connectivity index (χ4v) is 7.77. The van der Waals surface area contributed by atoms with Crippen LogP contribution in [0.15, 0.2) is 126 Å². The van der Waals surface area contributed by atoms with Gasteiger partial charge in [-0.05, 0) is 105 Å². The number of benzene rings is 3. The lowest BCUT2D eigenvalue weighted by molar-refractivity contribution is -0.145. The molecule has 1 aliphatic heterocycles. The Kier molecular flexibility index (Phi) is 10.8. The van der Waals surface area contributed by atoms with Gasteiger partial charge in [0.25, 0.3) is 11.8 Å². The molecule has 0 atom stereocenters. The van der Waals surface area contributed by atoms with E-state index >= 15 is 0 Å². The second-order valence-electron chi connectivity index (χ2n) is 12.3. The van der Waals surface area contributed by atoms with Crippen LogP contribution in [0.3, 0.4) is 0 Å². The molecule has 256 valence electrons. The Morgan fingerprint density at radius 1 is 0.824 bits per heavy atom. The van der Waals surface area contributed by atoms with Crippen LogP contribution in [0, 0.1) is 11.3 Å². The van der Waals surface area contributed by atoms with Gasteiger partial charge in [-0.1, -0.05) is 64.5 Å². The third kappa shape index (κ3) is 7.97. The normalized spacial score (nSPS) is 14.2. The lowest BCUT2D eigenvalue weighted by Gasteiger charge is -2.27. The molecule has 6 rings (SSSR count). The molecule has 0 radical (unpaired) electrons. The van der Waals surface area contributed by atoms with Crippen LogP contribution in [0.25, 0.3) is 26.3 Å². The molecular formula is C41H34BrN3O4S2. The zero-order chi connectivity index (χ0) is 36.1. The Balaban J connectivity index is 1.19. The average molecular weight is 777 g/mol. The molecular weight excluding hydrogens is 743 g/mol. The van der Waals surface area contributed by atoms with Gasteiger partial charge in [0, 0.05) is 48.7 Å². The standard InChI is InChI=1S/C41H34BrN3O4S2/c1-27-33(38(46)44(39(47)34(27)26-43)23-10-24-49-40(48)41(2,3)42)25-32-19-20-36(50-32)37-22-21-35(51-37)28-15-17-31(18-16-28)45(29-11-6-4-7-12-29)30-13-8-5-9-14-30/h4-9,11-22,25H,10,23-24H2,1-3H3/b33-25-. The van der Waals surface area contributed by atoms with Crippen molar-refractivity contribution in [3.63, 3.8) is 0 Å². The second-order valence-corrected chi connectivity index (χ2v) is 16.5. The van der Waals surface area contributed by atoms with Gasteiger partial charge in [-0.2, -0.15) is 5.26 Å². The van der Waals surface area contributed by atoms with Gasteiger partial charge < -0.3 is 9.64 Å². The van der Waals surface area contributed by atoms with E-state index in [1.807, 2.05) is 54.6 Å². The molecule has 5 aromatic rings. The lowest BCUT2D eigenvalue weighted by Crippen LogP contribution is -2.43. The molecule has 0 saturated heterocycles. The highest BCUT2D eigenvalue weighted by molar-refractivity contribution is 9.10. The Hall–Kier alpha value is -5.08. The molecule has 51 heavy (non-hydrogen) atoms. The molecule has 0 N–H and O–H groups in total. The predicted molar refractivity (Wildman–Crippen MR) is 209 cm³/mol. The van der Waals surface area contributed by atoms with Crippen molar-refractivity contribution in [2.45, 2.75) is 31.5 Å². The maximum absolute atomic E-state index is 13.5. The molecule has 0 spiro atoms. The summed E-state index contributed by atoms with van der Waals surface area (Å²) in [5.74, 6) is -1.55. The summed E-state index contributed by atoms with van der Waals surface area (Å²) < 4.78 is 4.43. The monoisotopic (exact) mass is 775 g/mol. The third-order valence-electron chi connectivity index (χ3n) is 8.27. The van der Waals surface area contributed by atoms with E-state index < -0.39 is 22.1 Å². The van der Waals surface area contributed by atoms with Gasteiger partial charge in [-0.15, -0.1) is 22.7 Å². The van der Waals surface area contributed by atoms with Gasteiger partial charge >= 0.3 is 5.97 Å². The quantitative estimate of drug-likeness (QED) is 0.0436. The van der Waals surface area contributed by atoms with Crippen molar-refractivity contribution in [3.8, 4) is 26.3 Å². The molecule has 3 heterocycles. The number of thiophene rings is 2. The molecule has 0 unspecified atom stereocenters. The zero-order valence-corrected chi connectivity index (χ0v) is 31.5. The van der Waals surface area contributed by atoms with Crippen molar-refractivity contribution >= 4 is 79.5 Å². The number of carbonyl (C=O) groups excluding carboxylic acids is 3. The van der Waals surface area contributed by atoms with Crippen LogP contribution in [0.5, 0.6) is 0 Å². The average Bonchev–Trinajstić information content (AvgIpc) is 3.81. The number of rotatable bonds is 11. The van der Waals surface area contributed by atoms with E-state index in [0.717, 1.165) is 47.0 Å². The van der Waals surface area contributed by atoms with Gasteiger partial charge in [0.2, 0.25) is 0 Å². The second kappa shape index (κ2) is 15.4. The smallest absolute Gasteiger partial charge is 0.322 e. The van der Waals surface area contributed by atoms with E-state index in [-0.39, 0.29) is 25.1 Å². The molecule has 0 bridgehead atoms. The first kappa shape index (κ1) is 35.7. The van der Waals surface area contributed by atoms with Crippen LogP contribution in [-0.4, -0.2) is 40.2 Å². The van der Waals surface area contributed by atoms with E-state index in [4.69, 9.17) is 4.74 Å². The molecule has 7 nitrogen and oxygen atoms in total. The van der Waals surface area contributed by atoms with Crippen molar-refractivity contribution < 1.29 is 19.1 Å².